The van der Waals surface area contributed by atoms with Gasteiger partial charge in [0.2, 0.25) is 0 Å². The molecule has 0 aliphatic heterocycles. The molecule has 5 heteroatoms. The monoisotopic (exact) mass is 258 g/mol. The Kier molecular flexibility index (Phi) is 3.66. The van der Waals surface area contributed by atoms with Crippen LogP contribution in [-0.2, 0) is 6.54 Å². The van der Waals surface area contributed by atoms with E-state index in [-0.39, 0.29) is 0 Å². The molecular weight excluding hydrogens is 248 g/mol. The molecule has 0 fully saturated rings. The van der Waals surface area contributed by atoms with Crippen LogP contribution in [0.1, 0.15) is 11.1 Å². The van der Waals surface area contributed by atoms with Gasteiger partial charge in [0.25, 0.3) is 0 Å². The lowest BCUT2D eigenvalue weighted by Crippen LogP contribution is -1.98. The fraction of sp³-hybridized carbons (Fsp3) is 0.0769. The highest BCUT2D eigenvalue weighted by Gasteiger charge is 2.02. The van der Waals surface area contributed by atoms with Crippen molar-refractivity contribution in [2.45, 2.75) is 6.54 Å². The van der Waals surface area contributed by atoms with Gasteiger partial charge in [0.15, 0.2) is 0 Å². The van der Waals surface area contributed by atoms with Crippen LogP contribution in [0.4, 0.5) is 5.69 Å². The number of nitriles is 1. The molecule has 0 saturated heterocycles. The zero-order valence-electron chi connectivity index (χ0n) is 9.60. The van der Waals surface area contributed by atoms with Gasteiger partial charge in [0.05, 0.1) is 16.8 Å². The molecule has 2 rings (SSSR count). The zero-order valence-corrected chi connectivity index (χ0v) is 10.4. The molecule has 0 unspecified atom stereocenters. The van der Waals surface area contributed by atoms with Crippen molar-refractivity contribution < 1.29 is 0 Å². The lowest BCUT2D eigenvalue weighted by molar-refractivity contribution is 0.936. The Bertz CT molecular complexity index is 610. The van der Waals surface area contributed by atoms with E-state index >= 15 is 0 Å². The van der Waals surface area contributed by atoms with E-state index in [2.05, 4.69) is 17.0 Å². The van der Waals surface area contributed by atoms with Gasteiger partial charge in [0.1, 0.15) is 6.07 Å². The first kappa shape index (κ1) is 12.2. The Morgan fingerprint density at radius 1 is 1.56 bits per heavy atom. The predicted octanol–water partition coefficient (Wildman–Crippen LogP) is 3.12. The van der Waals surface area contributed by atoms with E-state index < -0.39 is 0 Å². The van der Waals surface area contributed by atoms with Crippen molar-refractivity contribution in [3.05, 3.63) is 53.3 Å². The van der Waals surface area contributed by atoms with Gasteiger partial charge in [-0.1, -0.05) is 18.2 Å². The maximum Gasteiger partial charge on any atom is 0.101 e. The van der Waals surface area contributed by atoms with Gasteiger partial charge in [-0.05, 0) is 18.2 Å². The van der Waals surface area contributed by atoms with Gasteiger partial charge in [0, 0.05) is 30.2 Å². The third-order valence-electron chi connectivity index (χ3n) is 2.43. The highest BCUT2D eigenvalue weighted by atomic mass is 35.5. The highest BCUT2D eigenvalue weighted by molar-refractivity contribution is 6.31. The molecule has 1 aromatic heterocycles. The van der Waals surface area contributed by atoms with Crippen LogP contribution in [0.5, 0.6) is 0 Å². The molecule has 0 radical (unpaired) electrons. The number of rotatable bonds is 4. The van der Waals surface area contributed by atoms with Gasteiger partial charge in [-0.15, -0.1) is 0 Å². The minimum absolute atomic E-state index is 0.461. The van der Waals surface area contributed by atoms with Crippen LogP contribution in [0.15, 0.2) is 37.2 Å². The van der Waals surface area contributed by atoms with Crippen molar-refractivity contribution in [1.29, 1.82) is 5.26 Å². The van der Waals surface area contributed by atoms with E-state index in [9.17, 15) is 0 Å². The second-order valence-electron chi connectivity index (χ2n) is 3.67. The fourth-order valence-corrected chi connectivity index (χ4v) is 1.65. The van der Waals surface area contributed by atoms with E-state index in [4.69, 9.17) is 16.9 Å². The molecule has 90 valence electrons. The number of halogens is 1. The molecule has 0 atom stereocenters. The molecular formula is C13H11ClN4. The van der Waals surface area contributed by atoms with E-state index in [1.807, 2.05) is 18.3 Å². The molecule has 0 saturated carbocycles. The number of aromatic nitrogens is 2. The van der Waals surface area contributed by atoms with Crippen LogP contribution in [0.3, 0.4) is 0 Å². The van der Waals surface area contributed by atoms with E-state index in [1.165, 1.54) is 0 Å². The van der Waals surface area contributed by atoms with Gasteiger partial charge < -0.3 is 5.32 Å². The third-order valence-corrected chi connectivity index (χ3v) is 2.76. The van der Waals surface area contributed by atoms with E-state index in [1.54, 1.807) is 29.2 Å². The van der Waals surface area contributed by atoms with Crippen molar-refractivity contribution in [3.63, 3.8) is 0 Å². The molecule has 0 bridgehead atoms. The Morgan fingerprint density at radius 3 is 3.06 bits per heavy atom. The molecule has 0 spiro atoms. The van der Waals surface area contributed by atoms with Crippen molar-refractivity contribution >= 4 is 23.5 Å². The number of anilines is 1. The van der Waals surface area contributed by atoms with E-state index in [0.29, 0.717) is 17.1 Å². The smallest absolute Gasteiger partial charge is 0.101 e. The van der Waals surface area contributed by atoms with Crippen LogP contribution in [-0.4, -0.2) is 9.78 Å². The molecule has 1 heterocycles. The molecule has 0 aliphatic rings. The summed E-state index contributed by atoms with van der Waals surface area (Å²) < 4.78 is 1.64. The minimum atomic E-state index is 0.461. The molecule has 0 aliphatic carbocycles. The Hall–Kier alpha value is -2.25. The van der Waals surface area contributed by atoms with Crippen molar-refractivity contribution in [2.24, 2.45) is 0 Å². The van der Waals surface area contributed by atoms with Gasteiger partial charge in [-0.2, -0.15) is 10.4 Å². The second-order valence-corrected chi connectivity index (χ2v) is 4.08. The number of hydrogen-bond donors (Lipinski definition) is 1. The summed E-state index contributed by atoms with van der Waals surface area (Å²) in [6.07, 6.45) is 5.26. The first-order chi connectivity index (χ1) is 8.72. The lowest BCUT2D eigenvalue weighted by Gasteiger charge is -2.05. The predicted molar refractivity (Wildman–Crippen MR) is 72.1 cm³/mol. The summed E-state index contributed by atoms with van der Waals surface area (Å²) in [7, 11) is 0. The third kappa shape index (κ3) is 2.70. The van der Waals surface area contributed by atoms with Crippen LogP contribution in [0.2, 0.25) is 5.02 Å². The van der Waals surface area contributed by atoms with Gasteiger partial charge >= 0.3 is 0 Å². The number of nitrogens with one attached hydrogen (secondary N) is 1. The largest absolute Gasteiger partial charge is 0.381 e. The average molecular weight is 259 g/mol. The first-order valence-corrected chi connectivity index (χ1v) is 5.70. The van der Waals surface area contributed by atoms with Crippen LogP contribution in [0, 0.1) is 11.3 Å². The fourth-order valence-electron chi connectivity index (χ4n) is 1.49. The summed E-state index contributed by atoms with van der Waals surface area (Å²) in [5, 5.41) is 16.6. The summed E-state index contributed by atoms with van der Waals surface area (Å²) in [4.78, 5) is 0. The van der Waals surface area contributed by atoms with Crippen molar-refractivity contribution in [3.8, 4) is 6.07 Å². The van der Waals surface area contributed by atoms with E-state index in [0.717, 1.165) is 11.3 Å². The molecule has 2 aromatic rings. The topological polar surface area (TPSA) is 53.6 Å². The standard InChI is InChI=1S/C13H11ClN4/c1-2-18-9-10(8-17-18)7-16-12-3-4-13(14)11(5-12)6-15/h2-5,8-9,16H,1,7H2. The molecule has 1 N–H and O–H groups in total. The molecule has 4 nitrogen and oxygen atoms in total. The zero-order chi connectivity index (χ0) is 13.0. The van der Waals surface area contributed by atoms with Crippen molar-refractivity contribution in [1.82, 2.24) is 9.78 Å². The number of nitrogens with zero attached hydrogens (tertiary/aromatic N) is 3. The number of hydrogen-bond acceptors (Lipinski definition) is 3. The molecule has 18 heavy (non-hydrogen) atoms. The van der Waals surface area contributed by atoms with Crippen LogP contribution < -0.4 is 5.32 Å². The van der Waals surface area contributed by atoms with Crippen LogP contribution in [0.25, 0.3) is 6.20 Å². The summed E-state index contributed by atoms with van der Waals surface area (Å²) >= 11 is 5.86. The Balaban J connectivity index is 2.06. The quantitative estimate of drug-likeness (QED) is 0.917. The highest BCUT2D eigenvalue weighted by Crippen LogP contribution is 2.20. The first-order valence-electron chi connectivity index (χ1n) is 5.32. The Morgan fingerprint density at radius 2 is 2.39 bits per heavy atom. The maximum absolute atomic E-state index is 8.88. The minimum Gasteiger partial charge on any atom is -0.381 e. The normalized spacial score (nSPS) is 9.78. The second kappa shape index (κ2) is 5.39. The lowest BCUT2D eigenvalue weighted by atomic mass is 10.2. The van der Waals surface area contributed by atoms with Gasteiger partial charge in [-0.3, -0.25) is 0 Å². The molecule has 1 aromatic carbocycles. The van der Waals surface area contributed by atoms with Crippen LogP contribution >= 0.6 is 11.6 Å². The maximum atomic E-state index is 8.88. The summed E-state index contributed by atoms with van der Waals surface area (Å²) in [6.45, 7) is 4.25. The average Bonchev–Trinajstić information content (AvgIpc) is 2.86. The number of benzene rings is 1. The summed E-state index contributed by atoms with van der Waals surface area (Å²) in [5.74, 6) is 0. The summed E-state index contributed by atoms with van der Waals surface area (Å²) in [5.41, 5.74) is 2.34. The SMILES string of the molecule is C=Cn1cc(CNc2ccc(Cl)c(C#N)c2)cn1. The van der Waals surface area contributed by atoms with Gasteiger partial charge in [-0.25, -0.2) is 4.68 Å². The molecule has 0 amide bonds. The summed E-state index contributed by atoms with van der Waals surface area (Å²) in [6, 6.07) is 7.31. The van der Waals surface area contributed by atoms with Crippen molar-refractivity contribution in [2.75, 3.05) is 5.32 Å². The Labute approximate surface area is 110 Å².